The third-order valence-electron chi connectivity index (χ3n) is 2.64. The van der Waals surface area contributed by atoms with E-state index in [0.29, 0.717) is 22.5 Å². The number of anilines is 2. The number of rotatable bonds is 2. The summed E-state index contributed by atoms with van der Waals surface area (Å²) in [7, 11) is 0. The lowest BCUT2D eigenvalue weighted by Crippen LogP contribution is -2.14. The SMILES string of the molecule is Cc1cc(F)ccc1C(=O)Nc1ccccc1N. The van der Waals surface area contributed by atoms with Gasteiger partial charge in [-0.05, 0) is 42.8 Å². The third kappa shape index (κ3) is 2.48. The molecule has 4 heteroatoms. The third-order valence-corrected chi connectivity index (χ3v) is 2.64. The van der Waals surface area contributed by atoms with Crippen molar-refractivity contribution in [3.05, 3.63) is 59.4 Å². The molecule has 3 nitrogen and oxygen atoms in total. The largest absolute Gasteiger partial charge is 0.397 e. The van der Waals surface area contributed by atoms with Gasteiger partial charge in [0.15, 0.2) is 0 Å². The number of para-hydroxylation sites is 2. The van der Waals surface area contributed by atoms with Crippen LogP contribution in [0.3, 0.4) is 0 Å². The average Bonchev–Trinajstić information content (AvgIpc) is 2.32. The molecule has 0 bridgehead atoms. The molecule has 0 aliphatic heterocycles. The van der Waals surface area contributed by atoms with Gasteiger partial charge in [-0.25, -0.2) is 4.39 Å². The molecule has 0 atom stereocenters. The molecule has 0 spiro atoms. The molecule has 2 aromatic rings. The summed E-state index contributed by atoms with van der Waals surface area (Å²) < 4.78 is 13.0. The number of carbonyl (C=O) groups is 1. The van der Waals surface area contributed by atoms with Crippen molar-refractivity contribution in [2.75, 3.05) is 11.1 Å². The predicted octanol–water partition coefficient (Wildman–Crippen LogP) is 2.97. The minimum Gasteiger partial charge on any atom is -0.397 e. The number of hydrogen-bond acceptors (Lipinski definition) is 2. The standard InChI is InChI=1S/C14H13FN2O/c1-9-8-10(15)6-7-11(9)14(18)17-13-5-3-2-4-12(13)16/h2-8H,16H2,1H3,(H,17,18). The van der Waals surface area contributed by atoms with E-state index in [0.717, 1.165) is 0 Å². The number of amides is 1. The summed E-state index contributed by atoms with van der Waals surface area (Å²) >= 11 is 0. The summed E-state index contributed by atoms with van der Waals surface area (Å²) in [4.78, 5) is 12.0. The number of nitrogen functional groups attached to an aromatic ring is 1. The van der Waals surface area contributed by atoms with Gasteiger partial charge in [-0.3, -0.25) is 4.79 Å². The molecule has 0 unspecified atom stereocenters. The van der Waals surface area contributed by atoms with Crippen LogP contribution in [-0.2, 0) is 0 Å². The van der Waals surface area contributed by atoms with Crippen LogP contribution in [0.4, 0.5) is 15.8 Å². The molecule has 2 aromatic carbocycles. The Hall–Kier alpha value is -2.36. The Morgan fingerprint density at radius 1 is 1.22 bits per heavy atom. The molecule has 0 saturated carbocycles. The van der Waals surface area contributed by atoms with Crippen molar-refractivity contribution in [2.45, 2.75) is 6.92 Å². The maximum atomic E-state index is 13.0. The highest BCUT2D eigenvalue weighted by Crippen LogP contribution is 2.19. The van der Waals surface area contributed by atoms with Crippen molar-refractivity contribution in [1.29, 1.82) is 0 Å². The summed E-state index contributed by atoms with van der Waals surface area (Å²) in [5, 5.41) is 2.70. The monoisotopic (exact) mass is 244 g/mol. The fourth-order valence-electron chi connectivity index (χ4n) is 1.68. The first-order valence-corrected chi connectivity index (χ1v) is 5.50. The number of carbonyl (C=O) groups excluding carboxylic acids is 1. The zero-order valence-electron chi connectivity index (χ0n) is 9.91. The van der Waals surface area contributed by atoms with Crippen LogP contribution in [0.15, 0.2) is 42.5 Å². The molecule has 3 N–H and O–H groups in total. The van der Waals surface area contributed by atoms with E-state index < -0.39 is 0 Å². The summed E-state index contributed by atoms with van der Waals surface area (Å²) in [6.45, 7) is 1.69. The van der Waals surface area contributed by atoms with Crippen molar-refractivity contribution in [3.63, 3.8) is 0 Å². The van der Waals surface area contributed by atoms with Crippen LogP contribution >= 0.6 is 0 Å². The van der Waals surface area contributed by atoms with E-state index in [2.05, 4.69) is 5.32 Å². The van der Waals surface area contributed by atoms with Crippen LogP contribution < -0.4 is 11.1 Å². The Balaban J connectivity index is 2.25. The van der Waals surface area contributed by atoms with Crippen LogP contribution in [0.2, 0.25) is 0 Å². The summed E-state index contributed by atoms with van der Waals surface area (Å²) in [6.07, 6.45) is 0. The van der Waals surface area contributed by atoms with Crippen molar-refractivity contribution in [3.8, 4) is 0 Å². The van der Waals surface area contributed by atoms with E-state index in [1.807, 2.05) is 0 Å². The molecule has 18 heavy (non-hydrogen) atoms. The second-order valence-corrected chi connectivity index (χ2v) is 4.00. The lowest BCUT2D eigenvalue weighted by Gasteiger charge is -2.09. The normalized spacial score (nSPS) is 10.1. The van der Waals surface area contributed by atoms with E-state index in [-0.39, 0.29) is 11.7 Å². The molecular weight excluding hydrogens is 231 g/mol. The summed E-state index contributed by atoms with van der Waals surface area (Å²) in [6, 6.07) is 11.0. The molecule has 0 fully saturated rings. The Kier molecular flexibility index (Phi) is 3.28. The highest BCUT2D eigenvalue weighted by atomic mass is 19.1. The van der Waals surface area contributed by atoms with Gasteiger partial charge in [0.05, 0.1) is 11.4 Å². The molecule has 1 amide bonds. The van der Waals surface area contributed by atoms with Gasteiger partial charge in [0.2, 0.25) is 0 Å². The molecule has 92 valence electrons. The fraction of sp³-hybridized carbons (Fsp3) is 0.0714. The quantitative estimate of drug-likeness (QED) is 0.798. The number of nitrogens with two attached hydrogens (primary N) is 1. The molecular formula is C14H13FN2O. The number of nitrogens with one attached hydrogen (secondary N) is 1. The number of halogens is 1. The maximum absolute atomic E-state index is 13.0. The first kappa shape index (κ1) is 12.1. The second-order valence-electron chi connectivity index (χ2n) is 4.00. The van der Waals surface area contributed by atoms with E-state index in [1.54, 1.807) is 31.2 Å². The van der Waals surface area contributed by atoms with Gasteiger partial charge in [-0.2, -0.15) is 0 Å². The lowest BCUT2D eigenvalue weighted by molar-refractivity contribution is 0.102. The van der Waals surface area contributed by atoms with Crippen LogP contribution in [0, 0.1) is 12.7 Å². The molecule has 0 aromatic heterocycles. The van der Waals surface area contributed by atoms with Gasteiger partial charge in [0, 0.05) is 5.56 Å². The maximum Gasteiger partial charge on any atom is 0.255 e. The van der Waals surface area contributed by atoms with Crippen LogP contribution in [-0.4, -0.2) is 5.91 Å². The smallest absolute Gasteiger partial charge is 0.255 e. The molecule has 0 radical (unpaired) electrons. The Bertz CT molecular complexity index is 596. The highest BCUT2D eigenvalue weighted by Gasteiger charge is 2.10. The number of benzene rings is 2. The molecule has 2 rings (SSSR count). The van der Waals surface area contributed by atoms with Gasteiger partial charge in [0.25, 0.3) is 5.91 Å². The molecule has 0 heterocycles. The van der Waals surface area contributed by atoms with Crippen molar-refractivity contribution < 1.29 is 9.18 Å². The van der Waals surface area contributed by atoms with Crippen LogP contribution in [0.1, 0.15) is 15.9 Å². The highest BCUT2D eigenvalue weighted by molar-refractivity contribution is 6.06. The van der Waals surface area contributed by atoms with Gasteiger partial charge in [0.1, 0.15) is 5.82 Å². The van der Waals surface area contributed by atoms with E-state index in [4.69, 9.17) is 5.73 Å². The average molecular weight is 244 g/mol. The second kappa shape index (κ2) is 4.87. The Morgan fingerprint density at radius 2 is 1.94 bits per heavy atom. The number of hydrogen-bond donors (Lipinski definition) is 2. The molecule has 0 aliphatic carbocycles. The van der Waals surface area contributed by atoms with Crippen molar-refractivity contribution in [1.82, 2.24) is 0 Å². The van der Waals surface area contributed by atoms with Crippen molar-refractivity contribution >= 4 is 17.3 Å². The topological polar surface area (TPSA) is 55.1 Å². The first-order valence-electron chi connectivity index (χ1n) is 5.50. The fourth-order valence-corrected chi connectivity index (χ4v) is 1.68. The van der Waals surface area contributed by atoms with E-state index >= 15 is 0 Å². The van der Waals surface area contributed by atoms with E-state index in [1.165, 1.54) is 18.2 Å². The summed E-state index contributed by atoms with van der Waals surface area (Å²) in [5.41, 5.74) is 7.79. The number of aryl methyl sites for hydroxylation is 1. The van der Waals surface area contributed by atoms with Crippen LogP contribution in [0.5, 0.6) is 0 Å². The van der Waals surface area contributed by atoms with Gasteiger partial charge >= 0.3 is 0 Å². The predicted molar refractivity (Wildman–Crippen MR) is 69.9 cm³/mol. The minimum absolute atomic E-state index is 0.301. The summed E-state index contributed by atoms with van der Waals surface area (Å²) in [5.74, 6) is -0.659. The van der Waals surface area contributed by atoms with Gasteiger partial charge in [-0.15, -0.1) is 0 Å². The lowest BCUT2D eigenvalue weighted by atomic mass is 10.1. The van der Waals surface area contributed by atoms with Gasteiger partial charge < -0.3 is 11.1 Å². The van der Waals surface area contributed by atoms with E-state index in [9.17, 15) is 9.18 Å². The zero-order chi connectivity index (χ0) is 13.1. The van der Waals surface area contributed by atoms with Crippen LogP contribution in [0.25, 0.3) is 0 Å². The Morgan fingerprint density at radius 3 is 2.61 bits per heavy atom. The molecule has 0 aliphatic rings. The zero-order valence-corrected chi connectivity index (χ0v) is 9.91. The van der Waals surface area contributed by atoms with Crippen molar-refractivity contribution in [2.24, 2.45) is 0 Å². The first-order chi connectivity index (χ1) is 8.58. The Labute approximate surface area is 104 Å². The van der Waals surface area contributed by atoms with Gasteiger partial charge in [-0.1, -0.05) is 12.1 Å². The minimum atomic E-state index is -0.358. The molecule has 0 saturated heterocycles.